The van der Waals surface area contributed by atoms with Gasteiger partial charge in [-0.2, -0.15) is 0 Å². The zero-order valence-electron chi connectivity index (χ0n) is 24.3. The lowest BCUT2D eigenvalue weighted by molar-refractivity contribution is -0.120. The zero-order valence-corrected chi connectivity index (χ0v) is 24.3. The van der Waals surface area contributed by atoms with Gasteiger partial charge in [0.05, 0.1) is 11.2 Å². The highest BCUT2D eigenvalue weighted by Gasteiger charge is 2.40. The molecule has 1 saturated heterocycles. The number of aromatic nitrogens is 1. The van der Waals surface area contributed by atoms with Crippen molar-refractivity contribution in [3.8, 4) is 11.3 Å². The van der Waals surface area contributed by atoms with Crippen molar-refractivity contribution in [3.05, 3.63) is 46.6 Å². The monoisotopic (exact) mass is 534 g/mol. The van der Waals surface area contributed by atoms with Gasteiger partial charge in [-0.25, -0.2) is 0 Å². The number of nitrogens with zero attached hydrogens (tertiary/aromatic N) is 1. The second-order valence-electron chi connectivity index (χ2n) is 13.3. The van der Waals surface area contributed by atoms with Gasteiger partial charge >= 0.3 is 0 Å². The summed E-state index contributed by atoms with van der Waals surface area (Å²) in [6.07, 6.45) is 10.9. The predicted molar refractivity (Wildman–Crippen MR) is 154 cm³/mol. The van der Waals surface area contributed by atoms with Gasteiger partial charge in [0.25, 0.3) is 5.91 Å². The lowest BCUT2D eigenvalue weighted by Gasteiger charge is -2.31. The van der Waals surface area contributed by atoms with Crippen LogP contribution in [0.25, 0.3) is 11.3 Å². The highest BCUT2D eigenvalue weighted by atomic mass is 16.5. The maximum Gasteiger partial charge on any atom is 0.253 e. The van der Waals surface area contributed by atoms with Gasteiger partial charge in [0.2, 0.25) is 0 Å². The summed E-state index contributed by atoms with van der Waals surface area (Å²) in [7, 11) is 0. The Bertz CT molecular complexity index is 1180. The molecule has 0 atom stereocenters. The van der Waals surface area contributed by atoms with E-state index in [0.717, 1.165) is 48.2 Å². The van der Waals surface area contributed by atoms with Crippen LogP contribution in [0.1, 0.15) is 106 Å². The van der Waals surface area contributed by atoms with E-state index >= 15 is 0 Å². The number of carbonyl (C=O) groups excluding carboxylic acids is 2. The topological polar surface area (TPSA) is 80.6 Å². The summed E-state index contributed by atoms with van der Waals surface area (Å²) < 4.78 is 7.80. The number of benzene rings is 1. The van der Waals surface area contributed by atoms with Gasteiger partial charge in [-0.1, -0.05) is 32.3 Å². The minimum atomic E-state index is -0.959. The average Bonchev–Trinajstić information content (AvgIpc) is 3.61. The number of nitrogens with one attached hydrogen (secondary N) is 1. The van der Waals surface area contributed by atoms with Crippen molar-refractivity contribution in [1.29, 1.82) is 0 Å². The Kier molecular flexibility index (Phi) is 7.82. The number of ether oxygens (including phenoxy) is 1. The first-order valence-corrected chi connectivity index (χ1v) is 14.9. The molecule has 2 aliphatic carbocycles. The maximum atomic E-state index is 13.6. The summed E-state index contributed by atoms with van der Waals surface area (Å²) in [5, 5.41) is 14.1. The number of carbonyl (C=O) groups is 2. The van der Waals surface area contributed by atoms with Crippen LogP contribution >= 0.6 is 0 Å². The van der Waals surface area contributed by atoms with Crippen LogP contribution in [0.5, 0.6) is 0 Å². The van der Waals surface area contributed by atoms with Gasteiger partial charge in [0.1, 0.15) is 6.29 Å². The highest BCUT2D eigenvalue weighted by molar-refractivity contribution is 5.97. The van der Waals surface area contributed by atoms with Crippen LogP contribution in [-0.2, 0) is 27.1 Å². The highest BCUT2D eigenvalue weighted by Crippen LogP contribution is 2.49. The lowest BCUT2D eigenvalue weighted by atomic mass is 9.81. The fourth-order valence-electron chi connectivity index (χ4n) is 6.40. The van der Waals surface area contributed by atoms with E-state index in [1.165, 1.54) is 37.7 Å². The van der Waals surface area contributed by atoms with Gasteiger partial charge < -0.3 is 24.5 Å². The van der Waals surface area contributed by atoms with Crippen molar-refractivity contribution in [3.63, 3.8) is 0 Å². The number of hydrogen-bond donors (Lipinski definition) is 2. The van der Waals surface area contributed by atoms with Crippen LogP contribution in [-0.4, -0.2) is 41.6 Å². The number of aliphatic hydroxyl groups is 1. The van der Waals surface area contributed by atoms with Crippen LogP contribution in [0.3, 0.4) is 0 Å². The minimum absolute atomic E-state index is 0.128. The second-order valence-corrected chi connectivity index (χ2v) is 13.3. The van der Waals surface area contributed by atoms with Crippen molar-refractivity contribution in [2.45, 2.75) is 103 Å². The average molecular weight is 535 g/mol. The number of rotatable bonds is 9. The minimum Gasteiger partial charge on any atom is -0.386 e. The molecule has 6 nitrogen and oxygen atoms in total. The Morgan fingerprint density at radius 1 is 1.10 bits per heavy atom. The largest absolute Gasteiger partial charge is 0.386 e. The van der Waals surface area contributed by atoms with Crippen LogP contribution in [0, 0.1) is 18.3 Å². The van der Waals surface area contributed by atoms with Gasteiger partial charge in [-0.15, -0.1) is 0 Å². The normalized spacial score (nSPS) is 20.9. The molecule has 2 aromatic rings. The molecule has 2 saturated carbocycles. The van der Waals surface area contributed by atoms with E-state index in [1.807, 2.05) is 26.8 Å². The van der Waals surface area contributed by atoms with E-state index < -0.39 is 11.0 Å². The molecule has 212 valence electrons. The summed E-state index contributed by atoms with van der Waals surface area (Å²) >= 11 is 0. The molecule has 1 aromatic carbocycles. The molecule has 2 heterocycles. The predicted octanol–water partition coefficient (Wildman–Crippen LogP) is 6.05. The Balaban J connectivity index is 1.52. The zero-order chi connectivity index (χ0) is 27.8. The fourth-order valence-corrected chi connectivity index (χ4v) is 6.40. The molecule has 6 heteroatoms. The molecule has 1 amide bonds. The quantitative estimate of drug-likeness (QED) is 0.384. The molecule has 3 aliphatic rings. The second kappa shape index (κ2) is 10.9. The molecule has 0 radical (unpaired) electrons. The summed E-state index contributed by atoms with van der Waals surface area (Å²) in [6.45, 7) is 10.4. The van der Waals surface area contributed by atoms with Crippen LogP contribution < -0.4 is 5.32 Å². The van der Waals surface area contributed by atoms with Crippen molar-refractivity contribution < 1.29 is 19.4 Å². The maximum absolute atomic E-state index is 13.6. The molecule has 39 heavy (non-hydrogen) atoms. The van der Waals surface area contributed by atoms with Gasteiger partial charge in [0.15, 0.2) is 0 Å². The third-order valence-electron chi connectivity index (χ3n) is 9.75. The summed E-state index contributed by atoms with van der Waals surface area (Å²) in [5.41, 5.74) is 4.54. The van der Waals surface area contributed by atoms with Gasteiger partial charge in [0, 0.05) is 43.1 Å². The van der Waals surface area contributed by atoms with E-state index in [1.54, 1.807) is 0 Å². The number of hydrogen-bond acceptors (Lipinski definition) is 4. The number of amides is 1. The molecule has 0 spiro atoms. The molecular weight excluding hydrogens is 488 g/mol. The smallest absolute Gasteiger partial charge is 0.253 e. The van der Waals surface area contributed by atoms with E-state index in [9.17, 15) is 14.7 Å². The fraction of sp³-hybridized carbons (Fsp3) is 0.636. The van der Waals surface area contributed by atoms with Crippen molar-refractivity contribution in [2.24, 2.45) is 11.3 Å². The van der Waals surface area contributed by atoms with Gasteiger partial charge in [-0.05, 0) is 106 Å². The lowest BCUT2D eigenvalue weighted by Crippen LogP contribution is -2.42. The summed E-state index contributed by atoms with van der Waals surface area (Å²) in [6, 6.07) is 8.58. The van der Waals surface area contributed by atoms with E-state index in [4.69, 9.17) is 4.74 Å². The third-order valence-corrected chi connectivity index (χ3v) is 9.75. The van der Waals surface area contributed by atoms with E-state index in [-0.39, 0.29) is 11.3 Å². The van der Waals surface area contributed by atoms with E-state index in [2.05, 4.69) is 35.0 Å². The molecule has 2 N–H and O–H groups in total. The van der Waals surface area contributed by atoms with Crippen LogP contribution in [0.4, 0.5) is 0 Å². The van der Waals surface area contributed by atoms with Crippen molar-refractivity contribution >= 4 is 12.2 Å². The first-order chi connectivity index (χ1) is 18.5. The molecule has 3 fully saturated rings. The molecule has 0 bridgehead atoms. The Labute approximate surface area is 233 Å². The third kappa shape index (κ3) is 6.02. The molecule has 1 aliphatic heterocycles. The Morgan fingerprint density at radius 2 is 1.79 bits per heavy atom. The Morgan fingerprint density at radius 3 is 2.41 bits per heavy atom. The summed E-state index contributed by atoms with van der Waals surface area (Å²) in [5.74, 6) is 0.467. The van der Waals surface area contributed by atoms with E-state index in [0.29, 0.717) is 44.1 Å². The summed E-state index contributed by atoms with van der Waals surface area (Å²) in [4.78, 5) is 25.6. The first-order valence-electron chi connectivity index (χ1n) is 14.9. The van der Waals surface area contributed by atoms with Crippen molar-refractivity contribution in [2.75, 3.05) is 19.8 Å². The first kappa shape index (κ1) is 28.1. The molecule has 5 rings (SSSR count). The Hall–Kier alpha value is -2.44. The molecule has 0 unspecified atom stereocenters. The van der Waals surface area contributed by atoms with Crippen LogP contribution in [0.2, 0.25) is 0 Å². The number of aldehydes is 1. The SMILES string of the molecule is Cc1c(C(=O)NCC2(C=O)CCOCC2)cc(-c2cc(C(C)(C)O)cc(C3(C)CC3)c2)n1CC1CCCCC1. The standard InChI is InChI=1S/C33H46N2O4/c1-23-28(30(37)34-21-33(22-36)12-14-39-15-13-33)19-29(35(23)20-24-8-6-5-7-9-24)25-16-26(31(2,3)38)18-27(17-25)32(4)10-11-32/h16-19,22,24,38H,5-15,20-21H2,1-4H3,(H,34,37). The van der Waals surface area contributed by atoms with Gasteiger partial charge in [-0.3, -0.25) is 4.79 Å². The van der Waals surface area contributed by atoms with Crippen LogP contribution in [0.15, 0.2) is 24.3 Å². The van der Waals surface area contributed by atoms with Crippen molar-refractivity contribution in [1.82, 2.24) is 9.88 Å². The molecular formula is C33H46N2O4. The molecule has 1 aromatic heterocycles.